The highest BCUT2D eigenvalue weighted by atomic mass is 32.1. The van der Waals surface area contributed by atoms with E-state index in [4.69, 9.17) is 4.74 Å². The summed E-state index contributed by atoms with van der Waals surface area (Å²) in [6, 6.07) is 15.3. The molecule has 154 valence electrons. The molecule has 30 heavy (non-hydrogen) atoms. The smallest absolute Gasteiger partial charge is 0.230 e. The van der Waals surface area contributed by atoms with E-state index in [1.165, 1.54) is 11.3 Å². The lowest BCUT2D eigenvalue weighted by atomic mass is 10.1. The molecule has 0 bridgehead atoms. The number of amides is 2. The Morgan fingerprint density at radius 2 is 2.07 bits per heavy atom. The van der Waals surface area contributed by atoms with E-state index in [-0.39, 0.29) is 24.2 Å². The standard InChI is InChI=1S/C22H22N4O3S/c1-14-6-5-8-17(10-14)26-13-16(12-20(26)28)21-24-25-22(30-21)23-19(27)11-15-7-3-4-9-18(15)29-2/h3-10,16H,11-13H2,1-2H3,(H,23,25,27). The summed E-state index contributed by atoms with van der Waals surface area (Å²) in [5, 5.41) is 12.3. The van der Waals surface area contributed by atoms with Crippen LogP contribution < -0.4 is 15.0 Å². The third kappa shape index (κ3) is 4.33. The van der Waals surface area contributed by atoms with E-state index in [0.29, 0.717) is 23.8 Å². The van der Waals surface area contributed by atoms with Gasteiger partial charge in [0.15, 0.2) is 0 Å². The zero-order valence-corrected chi connectivity index (χ0v) is 17.6. The minimum Gasteiger partial charge on any atom is -0.496 e. The number of carbonyl (C=O) groups excluding carboxylic acids is 2. The molecule has 8 heteroatoms. The van der Waals surface area contributed by atoms with E-state index < -0.39 is 0 Å². The molecule has 0 spiro atoms. The minimum atomic E-state index is -0.189. The maximum atomic E-state index is 12.5. The zero-order chi connectivity index (χ0) is 21.1. The van der Waals surface area contributed by atoms with Gasteiger partial charge < -0.3 is 15.0 Å². The van der Waals surface area contributed by atoms with E-state index in [1.807, 2.05) is 55.5 Å². The monoisotopic (exact) mass is 422 g/mol. The van der Waals surface area contributed by atoms with Crippen molar-refractivity contribution in [3.05, 3.63) is 64.7 Å². The molecule has 2 heterocycles. The van der Waals surface area contributed by atoms with Crippen LogP contribution in [0.5, 0.6) is 5.75 Å². The van der Waals surface area contributed by atoms with Gasteiger partial charge in [0.05, 0.1) is 13.5 Å². The molecule has 0 saturated carbocycles. The average Bonchev–Trinajstić information content (AvgIpc) is 3.35. The van der Waals surface area contributed by atoms with Crippen molar-refractivity contribution in [2.24, 2.45) is 0 Å². The Balaban J connectivity index is 1.40. The van der Waals surface area contributed by atoms with Gasteiger partial charge in [-0.3, -0.25) is 9.59 Å². The average molecular weight is 423 g/mol. The number of hydrogen-bond acceptors (Lipinski definition) is 6. The van der Waals surface area contributed by atoms with Gasteiger partial charge in [-0.05, 0) is 30.7 Å². The topological polar surface area (TPSA) is 84.4 Å². The van der Waals surface area contributed by atoms with Gasteiger partial charge in [0, 0.05) is 30.1 Å². The summed E-state index contributed by atoms with van der Waals surface area (Å²) in [5.41, 5.74) is 2.81. The number of nitrogens with one attached hydrogen (secondary N) is 1. The van der Waals surface area contributed by atoms with Crippen molar-refractivity contribution in [3.63, 3.8) is 0 Å². The van der Waals surface area contributed by atoms with E-state index in [1.54, 1.807) is 12.0 Å². The lowest BCUT2D eigenvalue weighted by molar-refractivity contribution is -0.117. The molecule has 4 rings (SSSR count). The highest BCUT2D eigenvalue weighted by Gasteiger charge is 2.34. The van der Waals surface area contributed by atoms with Gasteiger partial charge in [-0.15, -0.1) is 10.2 Å². The number of anilines is 2. The largest absolute Gasteiger partial charge is 0.496 e. The van der Waals surface area contributed by atoms with E-state index in [2.05, 4.69) is 15.5 Å². The molecular weight excluding hydrogens is 400 g/mol. The normalized spacial score (nSPS) is 16.0. The second-order valence-electron chi connectivity index (χ2n) is 7.23. The summed E-state index contributed by atoms with van der Waals surface area (Å²) in [4.78, 5) is 26.7. The van der Waals surface area contributed by atoms with Crippen LogP contribution in [0, 0.1) is 6.92 Å². The van der Waals surface area contributed by atoms with Gasteiger partial charge in [-0.1, -0.05) is 41.7 Å². The molecule has 2 aromatic carbocycles. The molecule has 2 amide bonds. The van der Waals surface area contributed by atoms with E-state index >= 15 is 0 Å². The molecule has 1 aliphatic rings. The molecule has 1 N–H and O–H groups in total. The number of ether oxygens (including phenoxy) is 1. The number of hydrogen-bond donors (Lipinski definition) is 1. The highest BCUT2D eigenvalue weighted by molar-refractivity contribution is 7.15. The number of benzene rings is 2. The molecule has 1 fully saturated rings. The highest BCUT2D eigenvalue weighted by Crippen LogP contribution is 2.34. The number of methoxy groups -OCH3 is 1. The lowest BCUT2D eigenvalue weighted by Gasteiger charge is -2.16. The first-order chi connectivity index (χ1) is 14.5. The SMILES string of the molecule is COc1ccccc1CC(=O)Nc1nnc(C2CC(=O)N(c3cccc(C)c3)C2)s1. The first-order valence-corrected chi connectivity index (χ1v) is 10.5. The molecule has 1 aliphatic heterocycles. The predicted molar refractivity (Wildman–Crippen MR) is 116 cm³/mol. The molecule has 1 atom stereocenters. The Labute approximate surface area is 178 Å². The molecular formula is C22H22N4O3S. The predicted octanol–water partition coefficient (Wildman–Crippen LogP) is 3.56. The first kappa shape index (κ1) is 20.0. The van der Waals surface area contributed by atoms with Crippen LogP contribution in [0.4, 0.5) is 10.8 Å². The summed E-state index contributed by atoms with van der Waals surface area (Å²) in [6.07, 6.45) is 0.569. The molecule has 3 aromatic rings. The van der Waals surface area contributed by atoms with Crippen molar-refractivity contribution in [1.29, 1.82) is 0 Å². The Morgan fingerprint density at radius 3 is 2.87 bits per heavy atom. The Hall–Kier alpha value is -3.26. The molecule has 1 saturated heterocycles. The van der Waals surface area contributed by atoms with Crippen LogP contribution >= 0.6 is 11.3 Å². The van der Waals surface area contributed by atoms with Crippen LogP contribution in [0.3, 0.4) is 0 Å². The third-order valence-corrected chi connectivity index (χ3v) is 6.02. The number of carbonyl (C=O) groups is 2. The molecule has 0 aliphatic carbocycles. The van der Waals surface area contributed by atoms with E-state index in [0.717, 1.165) is 21.8 Å². The lowest BCUT2D eigenvalue weighted by Crippen LogP contribution is -2.24. The summed E-state index contributed by atoms with van der Waals surface area (Å²) >= 11 is 1.32. The number of para-hydroxylation sites is 1. The van der Waals surface area contributed by atoms with Gasteiger partial charge in [0.2, 0.25) is 16.9 Å². The van der Waals surface area contributed by atoms with Crippen molar-refractivity contribution >= 4 is 34.0 Å². The summed E-state index contributed by atoms with van der Waals surface area (Å²) < 4.78 is 5.29. The summed E-state index contributed by atoms with van der Waals surface area (Å²) in [5.74, 6) is 0.523. The Kier molecular flexibility index (Phi) is 5.76. The quantitative estimate of drug-likeness (QED) is 0.657. The van der Waals surface area contributed by atoms with Gasteiger partial charge in [-0.25, -0.2) is 0 Å². The van der Waals surface area contributed by atoms with Gasteiger partial charge in [0.1, 0.15) is 10.8 Å². The molecule has 0 radical (unpaired) electrons. The van der Waals surface area contributed by atoms with E-state index in [9.17, 15) is 9.59 Å². The summed E-state index contributed by atoms with van der Waals surface area (Å²) in [7, 11) is 1.58. The number of nitrogens with zero attached hydrogens (tertiary/aromatic N) is 3. The minimum absolute atomic E-state index is 0.0321. The van der Waals surface area contributed by atoms with Crippen molar-refractivity contribution < 1.29 is 14.3 Å². The van der Waals surface area contributed by atoms with Crippen molar-refractivity contribution in [2.75, 3.05) is 23.9 Å². The Morgan fingerprint density at radius 1 is 1.23 bits per heavy atom. The second-order valence-corrected chi connectivity index (χ2v) is 8.24. The maximum Gasteiger partial charge on any atom is 0.230 e. The molecule has 1 unspecified atom stereocenters. The second kappa shape index (κ2) is 8.62. The van der Waals surface area contributed by atoms with Gasteiger partial charge in [-0.2, -0.15) is 0 Å². The number of aromatic nitrogens is 2. The van der Waals surface area contributed by atoms with Gasteiger partial charge >= 0.3 is 0 Å². The maximum absolute atomic E-state index is 12.5. The van der Waals surface area contributed by atoms with Crippen molar-refractivity contribution in [3.8, 4) is 5.75 Å². The van der Waals surface area contributed by atoms with Crippen LogP contribution in [0.25, 0.3) is 0 Å². The van der Waals surface area contributed by atoms with Crippen LogP contribution in [-0.4, -0.2) is 35.7 Å². The summed E-state index contributed by atoms with van der Waals surface area (Å²) in [6.45, 7) is 2.57. The fourth-order valence-electron chi connectivity index (χ4n) is 3.55. The molecule has 7 nitrogen and oxygen atoms in total. The Bertz CT molecular complexity index is 1080. The van der Waals surface area contributed by atoms with Gasteiger partial charge in [0.25, 0.3) is 0 Å². The van der Waals surface area contributed by atoms with Crippen LogP contribution in [0.2, 0.25) is 0 Å². The first-order valence-electron chi connectivity index (χ1n) is 9.65. The fourth-order valence-corrected chi connectivity index (χ4v) is 4.40. The van der Waals surface area contributed by atoms with Crippen molar-refractivity contribution in [1.82, 2.24) is 10.2 Å². The van der Waals surface area contributed by atoms with Crippen LogP contribution in [0.1, 0.15) is 28.5 Å². The fraction of sp³-hybridized carbons (Fsp3) is 0.273. The van der Waals surface area contributed by atoms with Crippen LogP contribution in [0.15, 0.2) is 48.5 Å². The number of rotatable bonds is 6. The van der Waals surface area contributed by atoms with Crippen LogP contribution in [-0.2, 0) is 16.0 Å². The third-order valence-electron chi connectivity index (χ3n) is 5.02. The number of aryl methyl sites for hydroxylation is 1. The molecule has 1 aromatic heterocycles. The zero-order valence-electron chi connectivity index (χ0n) is 16.8. The van der Waals surface area contributed by atoms with Crippen molar-refractivity contribution in [2.45, 2.75) is 25.7 Å².